The molecule has 2 aliphatic heterocycles. The summed E-state index contributed by atoms with van der Waals surface area (Å²) in [7, 11) is 0. The molecule has 1 atom stereocenters. The topological polar surface area (TPSA) is 42.0 Å². The molecule has 1 amide bonds. The van der Waals surface area contributed by atoms with Gasteiger partial charge in [-0.3, -0.25) is 9.69 Å². The first-order valence-corrected chi connectivity index (χ1v) is 9.64. The Morgan fingerprint density at radius 3 is 2.60 bits per heavy atom. The van der Waals surface area contributed by atoms with Crippen molar-refractivity contribution in [1.29, 1.82) is 0 Å². The van der Waals surface area contributed by atoms with Crippen LogP contribution in [0.2, 0.25) is 0 Å². The molecule has 25 heavy (non-hydrogen) atoms. The Bertz CT molecular complexity index is 588. The van der Waals surface area contributed by atoms with E-state index in [4.69, 9.17) is 9.47 Å². The van der Waals surface area contributed by atoms with Crippen LogP contribution < -0.4 is 4.74 Å². The molecule has 1 aliphatic carbocycles. The number of amides is 1. The van der Waals surface area contributed by atoms with E-state index in [1.54, 1.807) is 0 Å². The molecule has 1 saturated carbocycles. The van der Waals surface area contributed by atoms with Gasteiger partial charge in [0.25, 0.3) is 5.91 Å². The van der Waals surface area contributed by atoms with E-state index in [-0.39, 0.29) is 5.91 Å². The standard InChI is InChI=1S/C20H28N2O3/c23-20(18-6-1-2-7-19(18)25-17-4-3-5-17)22-11-9-21(10-12-22)14-16-8-13-24-15-16/h1-2,6-7,16-17H,3-5,8-15H2. The summed E-state index contributed by atoms with van der Waals surface area (Å²) >= 11 is 0. The fourth-order valence-electron chi connectivity index (χ4n) is 3.81. The molecule has 1 aromatic rings. The zero-order valence-electron chi connectivity index (χ0n) is 14.9. The van der Waals surface area contributed by atoms with E-state index in [2.05, 4.69) is 4.90 Å². The van der Waals surface area contributed by atoms with Gasteiger partial charge in [0.1, 0.15) is 5.75 Å². The van der Waals surface area contributed by atoms with Crippen molar-refractivity contribution in [1.82, 2.24) is 9.80 Å². The number of carbonyl (C=O) groups excluding carboxylic acids is 1. The van der Waals surface area contributed by atoms with Gasteiger partial charge < -0.3 is 14.4 Å². The Morgan fingerprint density at radius 1 is 1.12 bits per heavy atom. The molecule has 136 valence electrons. The van der Waals surface area contributed by atoms with Crippen LogP contribution in [-0.2, 0) is 4.74 Å². The Kier molecular flexibility index (Phi) is 5.22. The minimum atomic E-state index is 0.110. The summed E-state index contributed by atoms with van der Waals surface area (Å²) in [5.74, 6) is 1.53. The molecule has 0 aromatic heterocycles. The second kappa shape index (κ2) is 7.75. The number of carbonyl (C=O) groups is 1. The maximum atomic E-state index is 13.0. The molecular formula is C20H28N2O3. The minimum Gasteiger partial charge on any atom is -0.490 e. The average molecular weight is 344 g/mol. The van der Waals surface area contributed by atoms with E-state index in [9.17, 15) is 4.79 Å². The van der Waals surface area contributed by atoms with Gasteiger partial charge in [-0.25, -0.2) is 0 Å². The van der Waals surface area contributed by atoms with Crippen molar-refractivity contribution in [2.24, 2.45) is 5.92 Å². The predicted molar refractivity (Wildman–Crippen MR) is 96.0 cm³/mol. The SMILES string of the molecule is O=C(c1ccccc1OC1CCC1)N1CCN(CC2CCOC2)CC1. The van der Waals surface area contributed by atoms with Gasteiger partial charge in [-0.05, 0) is 43.7 Å². The van der Waals surface area contributed by atoms with Gasteiger partial charge in [-0.1, -0.05) is 12.1 Å². The van der Waals surface area contributed by atoms with E-state index < -0.39 is 0 Å². The summed E-state index contributed by atoms with van der Waals surface area (Å²) in [4.78, 5) is 17.4. The van der Waals surface area contributed by atoms with Gasteiger partial charge in [-0.2, -0.15) is 0 Å². The molecular weight excluding hydrogens is 316 g/mol. The lowest BCUT2D eigenvalue weighted by Crippen LogP contribution is -2.49. The monoisotopic (exact) mass is 344 g/mol. The summed E-state index contributed by atoms with van der Waals surface area (Å²) in [6.45, 7) is 6.39. The van der Waals surface area contributed by atoms with Gasteiger partial charge in [0.05, 0.1) is 18.3 Å². The summed E-state index contributed by atoms with van der Waals surface area (Å²) < 4.78 is 11.5. The van der Waals surface area contributed by atoms with Crippen molar-refractivity contribution in [3.63, 3.8) is 0 Å². The third-order valence-electron chi connectivity index (χ3n) is 5.66. The van der Waals surface area contributed by atoms with Crippen LogP contribution in [0.4, 0.5) is 0 Å². The number of ether oxygens (including phenoxy) is 2. The summed E-state index contributed by atoms with van der Waals surface area (Å²) in [5, 5.41) is 0. The molecule has 2 heterocycles. The quantitative estimate of drug-likeness (QED) is 0.823. The normalized spacial score (nSPS) is 25.0. The number of hydrogen-bond donors (Lipinski definition) is 0. The van der Waals surface area contributed by atoms with Crippen molar-refractivity contribution >= 4 is 5.91 Å². The van der Waals surface area contributed by atoms with E-state index in [1.165, 1.54) is 12.8 Å². The third-order valence-corrected chi connectivity index (χ3v) is 5.66. The van der Waals surface area contributed by atoms with Crippen molar-refractivity contribution in [3.05, 3.63) is 29.8 Å². The van der Waals surface area contributed by atoms with Gasteiger partial charge in [0.15, 0.2) is 0 Å². The molecule has 3 fully saturated rings. The highest BCUT2D eigenvalue weighted by Gasteiger charge is 2.27. The van der Waals surface area contributed by atoms with Crippen molar-refractivity contribution in [3.8, 4) is 5.75 Å². The van der Waals surface area contributed by atoms with Crippen LogP contribution in [-0.4, -0.2) is 67.7 Å². The first-order valence-electron chi connectivity index (χ1n) is 9.64. The fraction of sp³-hybridized carbons (Fsp3) is 0.650. The van der Waals surface area contributed by atoms with Crippen LogP contribution in [0.25, 0.3) is 0 Å². The highest BCUT2D eigenvalue weighted by molar-refractivity contribution is 5.97. The van der Waals surface area contributed by atoms with Crippen LogP contribution in [0, 0.1) is 5.92 Å². The maximum Gasteiger partial charge on any atom is 0.257 e. The molecule has 5 heteroatoms. The molecule has 2 saturated heterocycles. The van der Waals surface area contributed by atoms with Gasteiger partial charge >= 0.3 is 0 Å². The molecule has 4 rings (SSSR count). The number of piperazine rings is 1. The minimum absolute atomic E-state index is 0.110. The lowest BCUT2D eigenvalue weighted by atomic mass is 9.96. The molecule has 0 radical (unpaired) electrons. The highest BCUT2D eigenvalue weighted by atomic mass is 16.5. The molecule has 5 nitrogen and oxygen atoms in total. The molecule has 1 unspecified atom stereocenters. The summed E-state index contributed by atoms with van der Waals surface area (Å²) in [5.41, 5.74) is 0.715. The number of benzene rings is 1. The Balaban J connectivity index is 1.34. The number of hydrogen-bond acceptors (Lipinski definition) is 4. The Hall–Kier alpha value is -1.59. The van der Waals surface area contributed by atoms with Crippen LogP contribution in [0.1, 0.15) is 36.0 Å². The van der Waals surface area contributed by atoms with Crippen molar-refractivity contribution in [2.45, 2.75) is 31.8 Å². The second-order valence-corrected chi connectivity index (χ2v) is 7.49. The highest BCUT2D eigenvalue weighted by Crippen LogP contribution is 2.28. The Labute approximate surface area is 149 Å². The number of rotatable bonds is 5. The number of nitrogens with zero attached hydrogens (tertiary/aromatic N) is 2. The fourth-order valence-corrected chi connectivity index (χ4v) is 3.81. The largest absolute Gasteiger partial charge is 0.490 e. The second-order valence-electron chi connectivity index (χ2n) is 7.49. The zero-order chi connectivity index (χ0) is 17.1. The molecule has 1 aromatic carbocycles. The first kappa shape index (κ1) is 16.9. The first-order chi connectivity index (χ1) is 12.3. The predicted octanol–water partition coefficient (Wildman–Crippen LogP) is 2.41. The maximum absolute atomic E-state index is 13.0. The van der Waals surface area contributed by atoms with Crippen LogP contribution in [0.15, 0.2) is 24.3 Å². The third kappa shape index (κ3) is 3.98. The molecule has 3 aliphatic rings. The van der Waals surface area contributed by atoms with Gasteiger partial charge in [-0.15, -0.1) is 0 Å². The van der Waals surface area contributed by atoms with E-state index >= 15 is 0 Å². The molecule has 0 spiro atoms. The Morgan fingerprint density at radius 2 is 1.92 bits per heavy atom. The van der Waals surface area contributed by atoms with Crippen molar-refractivity contribution < 1.29 is 14.3 Å². The molecule has 0 bridgehead atoms. The van der Waals surface area contributed by atoms with E-state index in [0.717, 1.165) is 64.5 Å². The van der Waals surface area contributed by atoms with Gasteiger partial charge in [0.2, 0.25) is 0 Å². The smallest absolute Gasteiger partial charge is 0.257 e. The lowest BCUT2D eigenvalue weighted by Gasteiger charge is -2.36. The van der Waals surface area contributed by atoms with Crippen LogP contribution >= 0.6 is 0 Å². The molecule has 0 N–H and O–H groups in total. The number of para-hydroxylation sites is 1. The van der Waals surface area contributed by atoms with Crippen LogP contribution in [0.3, 0.4) is 0 Å². The van der Waals surface area contributed by atoms with Crippen molar-refractivity contribution in [2.75, 3.05) is 45.9 Å². The average Bonchev–Trinajstić information content (AvgIpc) is 3.12. The van der Waals surface area contributed by atoms with Gasteiger partial charge in [0, 0.05) is 39.3 Å². The van der Waals surface area contributed by atoms with Crippen LogP contribution in [0.5, 0.6) is 5.75 Å². The zero-order valence-corrected chi connectivity index (χ0v) is 14.9. The summed E-state index contributed by atoms with van der Waals surface area (Å²) in [6, 6.07) is 7.71. The van der Waals surface area contributed by atoms with E-state index in [0.29, 0.717) is 17.6 Å². The summed E-state index contributed by atoms with van der Waals surface area (Å²) in [6.07, 6.45) is 4.90. The lowest BCUT2D eigenvalue weighted by molar-refractivity contribution is 0.0598. The van der Waals surface area contributed by atoms with E-state index in [1.807, 2.05) is 29.2 Å².